The van der Waals surface area contributed by atoms with Crippen LogP contribution in [0.5, 0.6) is 0 Å². The second-order valence-electron chi connectivity index (χ2n) is 8.64. The molecule has 1 aliphatic rings. The third-order valence-corrected chi connectivity index (χ3v) is 6.05. The Balaban J connectivity index is 1.60. The minimum Gasteiger partial charge on any atom is -0.323 e. The molecule has 3 amide bonds. The Bertz CT molecular complexity index is 1300. The quantitative estimate of drug-likeness (QED) is 0.516. The number of anilines is 1. The predicted molar refractivity (Wildman–Crippen MR) is 130 cm³/mol. The number of hydrogen-bond acceptors (Lipinski definition) is 4. The Hall–Kier alpha value is -3.71. The van der Waals surface area contributed by atoms with Gasteiger partial charge >= 0.3 is 0 Å². The van der Waals surface area contributed by atoms with E-state index in [0.29, 0.717) is 28.3 Å². The number of rotatable bonds is 7. The van der Waals surface area contributed by atoms with Crippen LogP contribution in [-0.2, 0) is 11.3 Å². The first kappa shape index (κ1) is 23.4. The Morgan fingerprint density at radius 1 is 0.912 bits per heavy atom. The summed E-state index contributed by atoms with van der Waals surface area (Å²) in [6.45, 7) is 4.07. The lowest BCUT2D eigenvalue weighted by molar-refractivity contribution is -0.120. The molecule has 0 aliphatic carbocycles. The predicted octanol–water partition coefficient (Wildman–Crippen LogP) is 4.20. The van der Waals surface area contributed by atoms with E-state index in [4.69, 9.17) is 11.6 Å². The second-order valence-corrected chi connectivity index (χ2v) is 9.04. The molecular weight excluding hydrogens is 454 g/mol. The van der Waals surface area contributed by atoms with Crippen molar-refractivity contribution in [1.29, 1.82) is 0 Å². The number of amides is 3. The van der Waals surface area contributed by atoms with Crippen molar-refractivity contribution in [2.24, 2.45) is 5.92 Å². The van der Waals surface area contributed by atoms with Gasteiger partial charge in [-0.05, 0) is 42.2 Å². The molecule has 174 valence electrons. The molecule has 0 fully saturated rings. The number of carbonyl (C=O) groups excluding carboxylic acids is 3. The maximum Gasteiger partial charge on any atom is 0.262 e. The van der Waals surface area contributed by atoms with Gasteiger partial charge in [0.05, 0.1) is 23.4 Å². The topological polar surface area (TPSA) is 88.5 Å². The molecule has 8 heteroatoms. The number of pyridine rings is 1. The molecule has 0 bridgehead atoms. The van der Waals surface area contributed by atoms with Gasteiger partial charge in [0.1, 0.15) is 6.04 Å². The van der Waals surface area contributed by atoms with E-state index in [9.17, 15) is 19.2 Å². The number of carbonyl (C=O) groups is 3. The van der Waals surface area contributed by atoms with Crippen LogP contribution in [-0.4, -0.2) is 33.2 Å². The highest BCUT2D eigenvalue weighted by molar-refractivity contribution is 6.31. The molecule has 0 radical (unpaired) electrons. The Kier molecular flexibility index (Phi) is 6.65. The Morgan fingerprint density at radius 2 is 1.53 bits per heavy atom. The lowest BCUT2D eigenvalue weighted by Crippen LogP contribution is -2.48. The van der Waals surface area contributed by atoms with Crippen LogP contribution in [0, 0.1) is 5.92 Å². The number of aromatic nitrogens is 1. The van der Waals surface area contributed by atoms with Gasteiger partial charge in [0.25, 0.3) is 17.4 Å². The maximum atomic E-state index is 13.3. The normalized spacial score (nSPS) is 13.8. The second kappa shape index (κ2) is 9.65. The molecule has 34 heavy (non-hydrogen) atoms. The average molecular weight is 478 g/mol. The first-order chi connectivity index (χ1) is 16.3. The Morgan fingerprint density at radius 3 is 2.15 bits per heavy atom. The Labute approximate surface area is 202 Å². The van der Waals surface area contributed by atoms with Crippen molar-refractivity contribution in [3.63, 3.8) is 0 Å². The highest BCUT2D eigenvalue weighted by Gasteiger charge is 2.42. The van der Waals surface area contributed by atoms with Gasteiger partial charge in [-0.3, -0.25) is 24.1 Å². The maximum absolute atomic E-state index is 13.3. The van der Waals surface area contributed by atoms with Gasteiger partial charge in [-0.25, -0.2) is 0 Å². The van der Waals surface area contributed by atoms with Gasteiger partial charge in [-0.1, -0.05) is 55.8 Å². The van der Waals surface area contributed by atoms with E-state index in [2.05, 4.69) is 5.32 Å². The molecule has 7 nitrogen and oxygen atoms in total. The number of halogens is 1. The SMILES string of the molecule is CC(C)CC(C(=O)Nc1ccc(=O)n(Cc2ccccc2Cl)c1)N1C(=O)c2ccccc2C1=O. The van der Waals surface area contributed by atoms with E-state index in [0.717, 1.165) is 10.5 Å². The molecule has 1 N–H and O–H groups in total. The summed E-state index contributed by atoms with van der Waals surface area (Å²) in [4.78, 5) is 52.7. The highest BCUT2D eigenvalue weighted by atomic mass is 35.5. The number of benzene rings is 2. The van der Waals surface area contributed by atoms with Crippen LogP contribution < -0.4 is 10.9 Å². The molecule has 1 aromatic heterocycles. The van der Waals surface area contributed by atoms with E-state index in [-0.39, 0.29) is 18.0 Å². The van der Waals surface area contributed by atoms with E-state index in [1.54, 1.807) is 36.4 Å². The summed E-state index contributed by atoms with van der Waals surface area (Å²) in [5, 5.41) is 3.32. The van der Waals surface area contributed by atoms with Crippen molar-refractivity contribution in [2.45, 2.75) is 32.9 Å². The van der Waals surface area contributed by atoms with Crippen molar-refractivity contribution in [2.75, 3.05) is 5.32 Å². The molecule has 0 saturated carbocycles. The highest BCUT2D eigenvalue weighted by Crippen LogP contribution is 2.27. The van der Waals surface area contributed by atoms with Gasteiger partial charge in [0, 0.05) is 17.3 Å². The summed E-state index contributed by atoms with van der Waals surface area (Å²) in [7, 11) is 0. The van der Waals surface area contributed by atoms with Gasteiger partial charge in [0.2, 0.25) is 5.91 Å². The fourth-order valence-electron chi connectivity index (χ4n) is 4.03. The fourth-order valence-corrected chi connectivity index (χ4v) is 4.23. The minimum atomic E-state index is -0.989. The lowest BCUT2D eigenvalue weighted by atomic mass is 10.0. The number of imide groups is 1. The van der Waals surface area contributed by atoms with E-state index >= 15 is 0 Å². The van der Waals surface area contributed by atoms with Crippen LogP contribution >= 0.6 is 11.6 Å². The molecule has 1 atom stereocenters. The van der Waals surface area contributed by atoms with Crippen LogP contribution in [0.2, 0.25) is 5.02 Å². The largest absolute Gasteiger partial charge is 0.323 e. The first-order valence-corrected chi connectivity index (χ1v) is 11.4. The molecule has 1 aliphatic heterocycles. The van der Waals surface area contributed by atoms with Crippen LogP contribution in [0.3, 0.4) is 0 Å². The fraction of sp³-hybridized carbons (Fsp3) is 0.231. The number of hydrogen-bond donors (Lipinski definition) is 1. The molecular formula is C26H24ClN3O4. The van der Waals surface area contributed by atoms with Crippen LogP contribution in [0.25, 0.3) is 0 Å². The van der Waals surface area contributed by atoms with Crippen LogP contribution in [0.1, 0.15) is 46.5 Å². The summed E-state index contributed by atoms with van der Waals surface area (Å²) in [5.41, 5.74) is 1.47. The molecule has 3 aromatic rings. The van der Waals surface area contributed by atoms with Crippen molar-refractivity contribution in [1.82, 2.24) is 9.47 Å². The zero-order chi connectivity index (χ0) is 24.4. The molecule has 2 heterocycles. The van der Waals surface area contributed by atoms with Crippen LogP contribution in [0.15, 0.2) is 71.7 Å². The zero-order valence-corrected chi connectivity index (χ0v) is 19.6. The number of nitrogens with one attached hydrogen (secondary N) is 1. The summed E-state index contributed by atoms with van der Waals surface area (Å²) in [5.74, 6) is -1.41. The van der Waals surface area contributed by atoms with Gasteiger partial charge < -0.3 is 9.88 Å². The number of fused-ring (bicyclic) bond motifs is 1. The molecule has 1 unspecified atom stereocenters. The average Bonchev–Trinajstić information content (AvgIpc) is 3.06. The van der Waals surface area contributed by atoms with E-state index in [1.165, 1.54) is 22.9 Å². The first-order valence-electron chi connectivity index (χ1n) is 11.0. The van der Waals surface area contributed by atoms with E-state index < -0.39 is 23.8 Å². The summed E-state index contributed by atoms with van der Waals surface area (Å²) >= 11 is 6.22. The molecule has 0 spiro atoms. The minimum absolute atomic E-state index is 0.0502. The van der Waals surface area contributed by atoms with Gasteiger partial charge in [-0.15, -0.1) is 0 Å². The molecule has 2 aromatic carbocycles. The lowest BCUT2D eigenvalue weighted by Gasteiger charge is -2.26. The summed E-state index contributed by atoms with van der Waals surface area (Å²) < 4.78 is 1.44. The summed E-state index contributed by atoms with van der Waals surface area (Å²) in [6, 6.07) is 15.6. The summed E-state index contributed by atoms with van der Waals surface area (Å²) in [6.07, 6.45) is 1.83. The third-order valence-electron chi connectivity index (χ3n) is 5.68. The zero-order valence-electron chi connectivity index (χ0n) is 18.8. The van der Waals surface area contributed by atoms with Crippen LogP contribution in [0.4, 0.5) is 5.69 Å². The van der Waals surface area contributed by atoms with Crippen molar-refractivity contribution in [3.8, 4) is 0 Å². The van der Waals surface area contributed by atoms with Crippen molar-refractivity contribution < 1.29 is 14.4 Å². The van der Waals surface area contributed by atoms with Gasteiger partial charge in [-0.2, -0.15) is 0 Å². The van der Waals surface area contributed by atoms with Gasteiger partial charge in [0.15, 0.2) is 0 Å². The molecule has 0 saturated heterocycles. The third kappa shape index (κ3) is 4.65. The smallest absolute Gasteiger partial charge is 0.262 e. The van der Waals surface area contributed by atoms with E-state index in [1.807, 2.05) is 26.0 Å². The monoisotopic (exact) mass is 477 g/mol. The standard InChI is InChI=1S/C26H24ClN3O4/c1-16(2)13-22(30-25(33)19-8-4-5-9-20(19)26(30)34)24(32)28-18-11-12-23(31)29(15-18)14-17-7-3-6-10-21(17)27/h3-12,15-16,22H,13-14H2,1-2H3,(H,28,32). The van der Waals surface area contributed by atoms with Crippen molar-refractivity contribution in [3.05, 3.63) is 98.9 Å². The number of nitrogens with zero attached hydrogens (tertiary/aromatic N) is 2. The van der Waals surface area contributed by atoms with Crippen molar-refractivity contribution >= 4 is 35.0 Å². The molecule has 4 rings (SSSR count).